The number of amides is 1. The molecular formula is C22H27N5OS. The van der Waals surface area contributed by atoms with Crippen molar-refractivity contribution in [3.8, 4) is 11.4 Å². The van der Waals surface area contributed by atoms with Gasteiger partial charge in [0.1, 0.15) is 0 Å². The smallest absolute Gasteiger partial charge is 0.233 e. The largest absolute Gasteiger partial charge is 0.355 e. The number of pyridine rings is 1. The number of nitrogens with one attached hydrogen (secondary N) is 1. The Morgan fingerprint density at radius 2 is 1.83 bits per heavy atom. The molecule has 6 nitrogen and oxygen atoms in total. The predicted molar refractivity (Wildman–Crippen MR) is 117 cm³/mol. The van der Waals surface area contributed by atoms with E-state index in [2.05, 4.69) is 46.5 Å². The molecule has 2 heterocycles. The molecule has 0 fully saturated rings. The lowest BCUT2D eigenvalue weighted by atomic mass is 9.96. The first-order valence-electron chi connectivity index (χ1n) is 9.96. The van der Waals surface area contributed by atoms with Crippen LogP contribution in [0.15, 0.2) is 60.0 Å². The second-order valence-corrected chi connectivity index (χ2v) is 8.12. The topological polar surface area (TPSA) is 72.7 Å². The van der Waals surface area contributed by atoms with Crippen molar-refractivity contribution in [2.24, 2.45) is 0 Å². The van der Waals surface area contributed by atoms with Crippen LogP contribution < -0.4 is 5.32 Å². The lowest BCUT2D eigenvalue weighted by Crippen LogP contribution is -2.34. The molecule has 29 heavy (non-hydrogen) atoms. The normalized spacial score (nSPS) is 13.1. The van der Waals surface area contributed by atoms with Gasteiger partial charge in [-0.3, -0.25) is 9.78 Å². The number of rotatable bonds is 9. The minimum atomic E-state index is -0.261. The number of nitrogens with zero attached hydrogens (tertiary/aromatic N) is 4. The number of aromatic nitrogens is 4. The van der Waals surface area contributed by atoms with Crippen molar-refractivity contribution in [3.63, 3.8) is 0 Å². The zero-order chi connectivity index (χ0) is 20.6. The van der Waals surface area contributed by atoms with Crippen LogP contribution in [0.5, 0.6) is 0 Å². The molecular weight excluding hydrogens is 382 g/mol. The summed E-state index contributed by atoms with van der Waals surface area (Å²) >= 11 is 1.44. The van der Waals surface area contributed by atoms with Gasteiger partial charge < -0.3 is 9.88 Å². The van der Waals surface area contributed by atoms with Crippen molar-refractivity contribution in [2.45, 2.75) is 50.1 Å². The van der Waals surface area contributed by atoms with Crippen LogP contribution in [0, 0.1) is 0 Å². The first kappa shape index (κ1) is 21.0. The maximum atomic E-state index is 12.7. The van der Waals surface area contributed by atoms with Crippen LogP contribution >= 0.6 is 11.8 Å². The third-order valence-electron chi connectivity index (χ3n) is 4.91. The average molecular weight is 410 g/mol. The van der Waals surface area contributed by atoms with Crippen LogP contribution in [0.4, 0.5) is 0 Å². The lowest BCUT2D eigenvalue weighted by molar-refractivity contribution is -0.120. The highest BCUT2D eigenvalue weighted by molar-refractivity contribution is 8.00. The monoisotopic (exact) mass is 409 g/mol. The van der Waals surface area contributed by atoms with Crippen molar-refractivity contribution in [2.75, 3.05) is 6.54 Å². The summed E-state index contributed by atoms with van der Waals surface area (Å²) in [4.78, 5) is 16.7. The molecule has 2 aromatic heterocycles. The highest BCUT2D eigenvalue weighted by Crippen LogP contribution is 2.27. The van der Waals surface area contributed by atoms with E-state index in [1.54, 1.807) is 12.4 Å². The van der Waals surface area contributed by atoms with Gasteiger partial charge in [0.05, 0.1) is 5.25 Å². The Kier molecular flexibility index (Phi) is 7.41. The van der Waals surface area contributed by atoms with Crippen LogP contribution in [0.1, 0.15) is 38.7 Å². The van der Waals surface area contributed by atoms with E-state index in [9.17, 15) is 4.79 Å². The van der Waals surface area contributed by atoms with E-state index in [4.69, 9.17) is 0 Å². The Labute approximate surface area is 176 Å². The van der Waals surface area contributed by atoms with Crippen LogP contribution in [-0.2, 0) is 11.3 Å². The summed E-state index contributed by atoms with van der Waals surface area (Å²) in [5, 5.41) is 12.2. The van der Waals surface area contributed by atoms with Crippen molar-refractivity contribution in [1.29, 1.82) is 0 Å². The van der Waals surface area contributed by atoms with Gasteiger partial charge in [0.15, 0.2) is 11.0 Å². The molecule has 0 aliphatic rings. The summed E-state index contributed by atoms with van der Waals surface area (Å²) in [5.41, 5.74) is 2.22. The first-order valence-corrected chi connectivity index (χ1v) is 10.8. The maximum Gasteiger partial charge on any atom is 0.233 e. The molecule has 1 amide bonds. The Balaban J connectivity index is 1.63. The number of thioether (sulfide) groups is 1. The molecule has 0 unspecified atom stereocenters. The van der Waals surface area contributed by atoms with Gasteiger partial charge in [-0.1, -0.05) is 49.0 Å². The van der Waals surface area contributed by atoms with E-state index in [1.165, 1.54) is 17.3 Å². The van der Waals surface area contributed by atoms with Crippen molar-refractivity contribution in [3.05, 3.63) is 60.4 Å². The van der Waals surface area contributed by atoms with E-state index in [0.29, 0.717) is 12.5 Å². The Hall–Kier alpha value is -2.67. The lowest BCUT2D eigenvalue weighted by Gasteiger charge is -2.18. The van der Waals surface area contributed by atoms with Gasteiger partial charge in [0, 0.05) is 37.0 Å². The standard InChI is InChI=1S/C22H27N5OS/c1-4-17(18-9-7-6-8-10-18)15-24-21(28)16(3)29-22-26-25-20(27(22)5-2)19-11-13-23-14-12-19/h6-14,16-17H,4-5,15H2,1-3H3,(H,24,28)/t16-,17+/m1/s1. The van der Waals surface area contributed by atoms with Gasteiger partial charge in [-0.15, -0.1) is 10.2 Å². The summed E-state index contributed by atoms with van der Waals surface area (Å²) in [6, 6.07) is 14.1. The van der Waals surface area contributed by atoms with Crippen molar-refractivity contribution < 1.29 is 4.79 Å². The quantitative estimate of drug-likeness (QED) is 0.538. The fraction of sp³-hybridized carbons (Fsp3) is 0.364. The second kappa shape index (κ2) is 10.2. The van der Waals surface area contributed by atoms with E-state index in [-0.39, 0.29) is 11.2 Å². The average Bonchev–Trinajstić information content (AvgIpc) is 3.17. The molecule has 0 saturated heterocycles. The van der Waals surface area contributed by atoms with Gasteiger partial charge in [-0.2, -0.15) is 0 Å². The minimum Gasteiger partial charge on any atom is -0.355 e. The second-order valence-electron chi connectivity index (χ2n) is 6.81. The zero-order valence-electron chi connectivity index (χ0n) is 17.1. The molecule has 1 N–H and O–H groups in total. The van der Waals surface area contributed by atoms with Crippen LogP contribution in [0.25, 0.3) is 11.4 Å². The molecule has 2 atom stereocenters. The molecule has 0 spiro atoms. The number of hydrogen-bond acceptors (Lipinski definition) is 5. The first-order chi connectivity index (χ1) is 14.1. The summed E-state index contributed by atoms with van der Waals surface area (Å²) < 4.78 is 2.03. The maximum absolute atomic E-state index is 12.7. The van der Waals surface area contributed by atoms with Gasteiger partial charge in [0.2, 0.25) is 5.91 Å². The van der Waals surface area contributed by atoms with Crippen molar-refractivity contribution in [1.82, 2.24) is 25.1 Å². The molecule has 3 aromatic rings. The van der Waals surface area contributed by atoms with Crippen LogP contribution in [0.2, 0.25) is 0 Å². The number of benzene rings is 1. The molecule has 0 aliphatic carbocycles. The fourth-order valence-corrected chi connectivity index (χ4v) is 4.12. The summed E-state index contributed by atoms with van der Waals surface area (Å²) in [6.45, 7) is 7.46. The molecule has 0 saturated carbocycles. The fourth-order valence-electron chi connectivity index (χ4n) is 3.18. The van der Waals surface area contributed by atoms with E-state index in [1.807, 2.05) is 41.8 Å². The highest BCUT2D eigenvalue weighted by Gasteiger charge is 2.21. The molecule has 0 aliphatic heterocycles. The van der Waals surface area contributed by atoms with E-state index < -0.39 is 0 Å². The molecule has 0 bridgehead atoms. The predicted octanol–water partition coefficient (Wildman–Crippen LogP) is 4.15. The Bertz CT molecular complexity index is 913. The van der Waals surface area contributed by atoms with Crippen LogP contribution in [0.3, 0.4) is 0 Å². The third kappa shape index (κ3) is 5.23. The van der Waals surface area contributed by atoms with Crippen molar-refractivity contribution >= 4 is 17.7 Å². The van der Waals surface area contributed by atoms with Gasteiger partial charge in [-0.25, -0.2) is 0 Å². The Morgan fingerprint density at radius 3 is 2.48 bits per heavy atom. The molecule has 7 heteroatoms. The molecule has 152 valence electrons. The summed E-state index contributed by atoms with van der Waals surface area (Å²) in [7, 11) is 0. The molecule has 3 rings (SSSR count). The minimum absolute atomic E-state index is 0.0143. The van der Waals surface area contributed by atoms with Gasteiger partial charge >= 0.3 is 0 Å². The molecule has 0 radical (unpaired) electrons. The summed E-state index contributed by atoms with van der Waals surface area (Å²) in [5.74, 6) is 1.12. The summed E-state index contributed by atoms with van der Waals surface area (Å²) in [6.07, 6.45) is 4.46. The highest BCUT2D eigenvalue weighted by atomic mass is 32.2. The Morgan fingerprint density at radius 1 is 1.10 bits per heavy atom. The number of hydrogen-bond donors (Lipinski definition) is 1. The number of carbonyl (C=O) groups is 1. The third-order valence-corrected chi connectivity index (χ3v) is 5.99. The van der Waals surface area contributed by atoms with Gasteiger partial charge in [0.25, 0.3) is 0 Å². The van der Waals surface area contributed by atoms with E-state index in [0.717, 1.165) is 29.5 Å². The molecule has 1 aromatic carbocycles. The number of carbonyl (C=O) groups excluding carboxylic acids is 1. The zero-order valence-corrected chi connectivity index (χ0v) is 17.9. The SMILES string of the molecule is CC[C@@H](CNC(=O)[C@@H](C)Sc1nnc(-c2ccncc2)n1CC)c1ccccc1. The van der Waals surface area contributed by atoms with E-state index >= 15 is 0 Å². The van der Waals surface area contributed by atoms with Gasteiger partial charge in [-0.05, 0) is 38.0 Å². The van der Waals surface area contributed by atoms with Crippen LogP contribution in [-0.4, -0.2) is 37.5 Å².